The Kier molecular flexibility index (Phi) is 3.85. The standard InChI is InChI=1S/C20H20FNO2/c21-16-7-5-15(6-8-16)20(10-11-20)19(23)22-13-18-17-4-2-1-3-14(17)9-12-24-18/h1-8,18H,9-13H2,(H,22,23). The van der Waals surface area contributed by atoms with Crippen LogP contribution in [0, 0.1) is 5.82 Å². The van der Waals surface area contributed by atoms with Gasteiger partial charge in [-0.05, 0) is 48.1 Å². The molecule has 0 saturated heterocycles. The highest BCUT2D eigenvalue weighted by molar-refractivity contribution is 5.91. The molecule has 1 N–H and O–H groups in total. The van der Waals surface area contributed by atoms with Crippen molar-refractivity contribution in [3.8, 4) is 0 Å². The van der Waals surface area contributed by atoms with E-state index >= 15 is 0 Å². The number of carbonyl (C=O) groups excluding carboxylic acids is 1. The topological polar surface area (TPSA) is 38.3 Å². The van der Waals surface area contributed by atoms with Crippen LogP contribution in [0.25, 0.3) is 0 Å². The van der Waals surface area contributed by atoms with Crippen LogP contribution in [0.3, 0.4) is 0 Å². The molecule has 0 radical (unpaired) electrons. The van der Waals surface area contributed by atoms with Gasteiger partial charge in [-0.3, -0.25) is 4.79 Å². The molecule has 1 aliphatic carbocycles. The van der Waals surface area contributed by atoms with Gasteiger partial charge in [0.1, 0.15) is 11.9 Å². The summed E-state index contributed by atoms with van der Waals surface area (Å²) in [6.45, 7) is 1.15. The highest BCUT2D eigenvalue weighted by Crippen LogP contribution is 2.48. The van der Waals surface area contributed by atoms with Crippen molar-refractivity contribution in [3.63, 3.8) is 0 Å². The maximum absolute atomic E-state index is 13.1. The van der Waals surface area contributed by atoms with Crippen molar-refractivity contribution >= 4 is 5.91 Å². The van der Waals surface area contributed by atoms with Gasteiger partial charge in [-0.15, -0.1) is 0 Å². The van der Waals surface area contributed by atoms with E-state index in [-0.39, 0.29) is 17.8 Å². The first-order valence-corrected chi connectivity index (χ1v) is 8.43. The monoisotopic (exact) mass is 325 g/mol. The fourth-order valence-corrected chi connectivity index (χ4v) is 3.54. The molecule has 1 fully saturated rings. The third-order valence-corrected chi connectivity index (χ3v) is 5.12. The molecule has 1 amide bonds. The zero-order chi connectivity index (χ0) is 16.6. The Morgan fingerprint density at radius 1 is 1.17 bits per heavy atom. The minimum atomic E-state index is -0.484. The molecule has 1 aliphatic heterocycles. The summed E-state index contributed by atoms with van der Waals surface area (Å²) in [7, 11) is 0. The van der Waals surface area contributed by atoms with Crippen molar-refractivity contribution < 1.29 is 13.9 Å². The van der Waals surface area contributed by atoms with Crippen molar-refractivity contribution in [2.75, 3.05) is 13.2 Å². The molecule has 2 aromatic rings. The van der Waals surface area contributed by atoms with Gasteiger partial charge in [0.05, 0.1) is 12.0 Å². The van der Waals surface area contributed by atoms with Crippen LogP contribution in [0.15, 0.2) is 48.5 Å². The summed E-state index contributed by atoms with van der Waals surface area (Å²) in [5, 5.41) is 3.05. The molecule has 3 nitrogen and oxygen atoms in total. The minimum absolute atomic E-state index is 0.0146. The zero-order valence-electron chi connectivity index (χ0n) is 13.4. The third-order valence-electron chi connectivity index (χ3n) is 5.12. The maximum Gasteiger partial charge on any atom is 0.230 e. The Morgan fingerprint density at radius 2 is 1.92 bits per heavy atom. The SMILES string of the molecule is O=C(NCC1OCCc2ccccc21)C1(c2ccc(F)cc2)CC1. The number of halogens is 1. The number of benzene rings is 2. The van der Waals surface area contributed by atoms with Crippen LogP contribution in [0.1, 0.15) is 35.6 Å². The number of amides is 1. The lowest BCUT2D eigenvalue weighted by Gasteiger charge is -2.27. The van der Waals surface area contributed by atoms with Gasteiger partial charge in [-0.25, -0.2) is 4.39 Å². The first-order chi connectivity index (χ1) is 11.7. The number of ether oxygens (including phenoxy) is 1. The van der Waals surface area contributed by atoms with Crippen LogP contribution >= 0.6 is 0 Å². The Bertz CT molecular complexity index is 752. The highest BCUT2D eigenvalue weighted by Gasteiger charge is 2.51. The fraction of sp³-hybridized carbons (Fsp3) is 0.350. The molecule has 1 atom stereocenters. The summed E-state index contributed by atoms with van der Waals surface area (Å²) in [5.74, 6) is -0.261. The van der Waals surface area contributed by atoms with E-state index in [2.05, 4.69) is 17.4 Å². The van der Waals surface area contributed by atoms with Gasteiger partial charge in [0, 0.05) is 6.54 Å². The van der Waals surface area contributed by atoms with Gasteiger partial charge >= 0.3 is 0 Å². The number of rotatable bonds is 4. The predicted octanol–water partition coefficient (Wildman–Crippen LogP) is 3.29. The summed E-state index contributed by atoms with van der Waals surface area (Å²) in [6, 6.07) is 14.5. The number of hydrogen-bond donors (Lipinski definition) is 1. The summed E-state index contributed by atoms with van der Waals surface area (Å²) in [4.78, 5) is 12.7. The van der Waals surface area contributed by atoms with Crippen LogP contribution in [-0.2, 0) is 21.4 Å². The average Bonchev–Trinajstić information content (AvgIpc) is 3.42. The van der Waals surface area contributed by atoms with Crippen LogP contribution in [0.5, 0.6) is 0 Å². The lowest BCUT2D eigenvalue weighted by molar-refractivity contribution is -0.124. The van der Waals surface area contributed by atoms with E-state index in [4.69, 9.17) is 4.74 Å². The second-order valence-corrected chi connectivity index (χ2v) is 6.61. The molecule has 1 heterocycles. The Hall–Kier alpha value is -2.20. The van der Waals surface area contributed by atoms with Crippen LogP contribution < -0.4 is 5.32 Å². The van der Waals surface area contributed by atoms with Gasteiger partial charge in [0.2, 0.25) is 5.91 Å². The van der Waals surface area contributed by atoms with Crippen molar-refractivity contribution in [2.24, 2.45) is 0 Å². The van der Waals surface area contributed by atoms with Crippen molar-refractivity contribution in [3.05, 3.63) is 71.0 Å². The molecular formula is C20H20FNO2. The molecule has 0 spiro atoms. The highest BCUT2D eigenvalue weighted by atomic mass is 19.1. The van der Waals surface area contributed by atoms with Crippen molar-refractivity contribution in [1.29, 1.82) is 0 Å². The largest absolute Gasteiger partial charge is 0.371 e. The van der Waals surface area contributed by atoms with E-state index in [0.29, 0.717) is 13.2 Å². The lowest BCUT2D eigenvalue weighted by atomic mass is 9.94. The summed E-state index contributed by atoms with van der Waals surface area (Å²) < 4.78 is 19.0. The normalized spacial score (nSPS) is 21.0. The molecule has 24 heavy (non-hydrogen) atoms. The van der Waals surface area contributed by atoms with Gasteiger partial charge < -0.3 is 10.1 Å². The Morgan fingerprint density at radius 3 is 2.67 bits per heavy atom. The first kappa shape index (κ1) is 15.3. The molecular weight excluding hydrogens is 305 g/mol. The van der Waals surface area contributed by atoms with Crippen LogP contribution in [0.2, 0.25) is 0 Å². The van der Waals surface area contributed by atoms with E-state index in [1.165, 1.54) is 17.7 Å². The lowest BCUT2D eigenvalue weighted by Crippen LogP contribution is -2.38. The summed E-state index contributed by atoms with van der Waals surface area (Å²) in [5.41, 5.74) is 2.87. The van der Waals surface area contributed by atoms with Gasteiger partial charge in [-0.1, -0.05) is 36.4 Å². The molecule has 4 rings (SSSR count). The van der Waals surface area contributed by atoms with Gasteiger partial charge in [-0.2, -0.15) is 0 Å². The van der Waals surface area contributed by atoms with E-state index in [0.717, 1.165) is 30.4 Å². The number of nitrogens with one attached hydrogen (secondary N) is 1. The molecule has 2 aliphatic rings. The second-order valence-electron chi connectivity index (χ2n) is 6.61. The fourth-order valence-electron chi connectivity index (χ4n) is 3.54. The molecule has 4 heteroatoms. The zero-order valence-corrected chi connectivity index (χ0v) is 13.4. The smallest absolute Gasteiger partial charge is 0.230 e. The predicted molar refractivity (Wildman–Crippen MR) is 89.2 cm³/mol. The summed E-state index contributed by atoms with van der Waals surface area (Å²) in [6.07, 6.45) is 2.45. The number of hydrogen-bond acceptors (Lipinski definition) is 2. The molecule has 0 aromatic heterocycles. The van der Waals surface area contributed by atoms with E-state index in [9.17, 15) is 9.18 Å². The second kappa shape index (κ2) is 6.02. The van der Waals surface area contributed by atoms with E-state index in [1.54, 1.807) is 12.1 Å². The van der Waals surface area contributed by atoms with E-state index in [1.807, 2.05) is 12.1 Å². The van der Waals surface area contributed by atoms with E-state index < -0.39 is 5.41 Å². The average molecular weight is 325 g/mol. The number of carbonyl (C=O) groups is 1. The molecule has 0 bridgehead atoms. The first-order valence-electron chi connectivity index (χ1n) is 8.43. The minimum Gasteiger partial charge on any atom is -0.371 e. The molecule has 1 saturated carbocycles. The number of fused-ring (bicyclic) bond motifs is 1. The quantitative estimate of drug-likeness (QED) is 0.937. The Balaban J connectivity index is 1.45. The molecule has 2 aromatic carbocycles. The maximum atomic E-state index is 13.1. The summed E-state index contributed by atoms with van der Waals surface area (Å²) >= 11 is 0. The van der Waals surface area contributed by atoms with Crippen LogP contribution in [0.4, 0.5) is 4.39 Å². The van der Waals surface area contributed by atoms with Gasteiger partial charge in [0.15, 0.2) is 0 Å². The molecule has 1 unspecified atom stereocenters. The third kappa shape index (κ3) is 2.71. The van der Waals surface area contributed by atoms with Gasteiger partial charge in [0.25, 0.3) is 0 Å². The molecule has 124 valence electrons. The van der Waals surface area contributed by atoms with Crippen molar-refractivity contribution in [1.82, 2.24) is 5.32 Å². The van der Waals surface area contributed by atoms with Crippen molar-refractivity contribution in [2.45, 2.75) is 30.8 Å². The van der Waals surface area contributed by atoms with Crippen LogP contribution in [-0.4, -0.2) is 19.1 Å². The Labute approximate surface area is 140 Å².